The van der Waals surface area contributed by atoms with E-state index in [1.165, 1.54) is 26.4 Å². The van der Waals surface area contributed by atoms with Gasteiger partial charge >= 0.3 is 0 Å². The Kier molecular flexibility index (Phi) is 6.93. The summed E-state index contributed by atoms with van der Waals surface area (Å²) in [5.41, 5.74) is 12.1. The predicted octanol–water partition coefficient (Wildman–Crippen LogP) is 4.51. The van der Waals surface area contributed by atoms with Gasteiger partial charge in [-0.25, -0.2) is 13.4 Å². The van der Waals surface area contributed by atoms with Crippen LogP contribution in [-0.2, 0) is 22.5 Å². The molecule has 0 bridgehead atoms. The third kappa shape index (κ3) is 5.32. The number of rotatable bonds is 9. The number of carbonyl (C=O) groups excluding carboxylic acids is 1. The van der Waals surface area contributed by atoms with Crippen molar-refractivity contribution in [3.63, 3.8) is 0 Å². The number of imidazole rings is 1. The first-order valence-electron chi connectivity index (χ1n) is 14.1. The van der Waals surface area contributed by atoms with Gasteiger partial charge in [0.25, 0.3) is 5.91 Å². The van der Waals surface area contributed by atoms with Crippen LogP contribution in [0.5, 0.6) is 5.75 Å². The Hall–Kier alpha value is -4.03. The molecule has 6 rings (SSSR count). The number of hydrogen-bond donors (Lipinski definition) is 4. The molecular formula is C30H37N7O4S. The molecule has 0 atom stereocenters. The number of aryl methyl sites for hydroxylation is 1. The lowest BCUT2D eigenvalue weighted by atomic mass is 9.85. The number of carbonyl (C=O) groups is 1. The molecule has 11 nitrogen and oxygen atoms in total. The van der Waals surface area contributed by atoms with Gasteiger partial charge in [-0.05, 0) is 73.4 Å². The van der Waals surface area contributed by atoms with Gasteiger partial charge in [-0.1, -0.05) is 19.4 Å². The molecule has 1 amide bonds. The summed E-state index contributed by atoms with van der Waals surface area (Å²) in [6.07, 6.45) is 10.5. The number of nitrogens with zero attached hydrogens (tertiary/aromatic N) is 3. The van der Waals surface area contributed by atoms with Gasteiger partial charge in [-0.2, -0.15) is 0 Å². The number of ether oxygens (including phenoxy) is 1. The smallest absolute Gasteiger partial charge is 0.255 e. The van der Waals surface area contributed by atoms with Crippen molar-refractivity contribution < 1.29 is 17.9 Å². The number of methoxy groups -OCH3 is 1. The van der Waals surface area contributed by atoms with Gasteiger partial charge in [0.15, 0.2) is 5.75 Å². The van der Waals surface area contributed by atoms with Crippen LogP contribution in [0, 0.1) is 6.92 Å². The summed E-state index contributed by atoms with van der Waals surface area (Å²) in [5.74, 6) is 1.55. The van der Waals surface area contributed by atoms with Crippen LogP contribution in [0.1, 0.15) is 77.9 Å². The van der Waals surface area contributed by atoms with E-state index in [-0.39, 0.29) is 17.1 Å². The van der Waals surface area contributed by atoms with Crippen LogP contribution < -0.4 is 30.7 Å². The maximum absolute atomic E-state index is 13.6. The Labute approximate surface area is 246 Å². The van der Waals surface area contributed by atoms with Crippen molar-refractivity contribution in [2.45, 2.75) is 57.3 Å². The molecule has 3 aliphatic rings. The average Bonchev–Trinajstić information content (AvgIpc) is 3.29. The van der Waals surface area contributed by atoms with Crippen LogP contribution >= 0.6 is 0 Å². The summed E-state index contributed by atoms with van der Waals surface area (Å²) in [7, 11) is -0.0744. The molecule has 2 saturated carbocycles. The van der Waals surface area contributed by atoms with Crippen LogP contribution in [0.2, 0.25) is 0 Å². The average molecular weight is 592 g/mol. The van der Waals surface area contributed by atoms with Crippen molar-refractivity contribution in [3.05, 3.63) is 70.9 Å². The number of nitrogens with one attached hydrogen (secondary N) is 4. The van der Waals surface area contributed by atoms with Crippen molar-refractivity contribution in [2.24, 2.45) is 7.05 Å². The molecule has 1 aliphatic heterocycles. The van der Waals surface area contributed by atoms with Crippen molar-refractivity contribution in [1.82, 2.24) is 20.5 Å². The molecule has 0 radical (unpaired) electrons. The van der Waals surface area contributed by atoms with Gasteiger partial charge in [0.05, 0.1) is 54.2 Å². The van der Waals surface area contributed by atoms with Crippen LogP contribution in [0.3, 0.4) is 0 Å². The standard InChI is InChI=1S/C30H37N7O4S/c1-18-9-10-20(13-25(18)37-17-24(33-35-37)26-16-31-28(36(26)3)19-7-6-8-19)29(38)32-22-14-21(30(2)11-12-30)15-23(27(22)41-4)34-42(5,39)40/h9-10,13-17,19,33-35H,6-8,11-12H2,1-5H3,(H,32,38). The van der Waals surface area contributed by atoms with Gasteiger partial charge in [0.1, 0.15) is 5.82 Å². The van der Waals surface area contributed by atoms with Gasteiger partial charge in [-0.15, -0.1) is 5.53 Å². The second-order valence-corrected chi connectivity index (χ2v) is 13.6. The van der Waals surface area contributed by atoms with Crippen molar-refractivity contribution >= 4 is 38.7 Å². The van der Waals surface area contributed by atoms with Gasteiger partial charge in [0, 0.05) is 18.5 Å². The number of aromatic nitrogens is 2. The Morgan fingerprint density at radius 2 is 1.90 bits per heavy atom. The largest absolute Gasteiger partial charge is 0.492 e. The minimum atomic E-state index is -3.57. The lowest BCUT2D eigenvalue weighted by Crippen LogP contribution is -2.36. The molecule has 2 aliphatic carbocycles. The lowest BCUT2D eigenvalue weighted by molar-refractivity contribution is 0.102. The fourth-order valence-corrected chi connectivity index (χ4v) is 6.09. The summed E-state index contributed by atoms with van der Waals surface area (Å²) in [5, 5.41) is 4.82. The molecule has 0 unspecified atom stereocenters. The monoisotopic (exact) mass is 591 g/mol. The zero-order chi connectivity index (χ0) is 29.8. The number of hydrogen-bond acceptors (Lipinski definition) is 8. The second kappa shape index (κ2) is 10.4. The lowest BCUT2D eigenvalue weighted by Gasteiger charge is -2.24. The molecular weight excluding hydrogens is 554 g/mol. The topological polar surface area (TPSA) is 130 Å². The zero-order valence-corrected chi connectivity index (χ0v) is 25.4. The van der Waals surface area contributed by atoms with E-state index < -0.39 is 10.0 Å². The van der Waals surface area contributed by atoms with Crippen molar-refractivity contribution in [2.75, 3.05) is 28.4 Å². The minimum absolute atomic E-state index is 0.0678. The molecule has 12 heteroatoms. The zero-order valence-electron chi connectivity index (χ0n) is 24.5. The summed E-state index contributed by atoms with van der Waals surface area (Å²) >= 11 is 0. The molecule has 0 saturated heterocycles. The van der Waals surface area contributed by atoms with E-state index in [0.29, 0.717) is 22.9 Å². The maximum atomic E-state index is 13.6. The van der Waals surface area contributed by atoms with Crippen molar-refractivity contribution in [1.29, 1.82) is 0 Å². The number of amides is 1. The highest BCUT2D eigenvalue weighted by Crippen LogP contribution is 2.51. The molecule has 1 aromatic heterocycles. The SMILES string of the molecule is COc1c(NC(=O)c2ccc(C)c(N3C=C(c4cnc(C5CCC5)n4C)NN3)c2)cc(C2(C)CC2)cc1NS(C)(=O)=O. The van der Waals surface area contributed by atoms with Crippen LogP contribution in [0.4, 0.5) is 17.1 Å². The molecule has 0 spiro atoms. The first-order valence-corrected chi connectivity index (χ1v) is 16.0. The van der Waals surface area contributed by atoms with Crippen LogP contribution in [-0.4, -0.2) is 37.2 Å². The quantitative estimate of drug-likeness (QED) is 0.286. The van der Waals surface area contributed by atoms with Gasteiger partial charge in [-0.3, -0.25) is 20.0 Å². The first-order chi connectivity index (χ1) is 20.0. The van der Waals surface area contributed by atoms with E-state index in [1.807, 2.05) is 49.6 Å². The molecule has 4 N–H and O–H groups in total. The fourth-order valence-electron chi connectivity index (χ4n) is 5.54. The molecule has 2 fully saturated rings. The van der Waals surface area contributed by atoms with E-state index in [4.69, 9.17) is 4.74 Å². The molecule has 222 valence electrons. The second-order valence-electron chi connectivity index (χ2n) is 11.8. The summed E-state index contributed by atoms with van der Waals surface area (Å²) in [4.78, 5) is 18.3. The molecule has 2 aromatic carbocycles. The van der Waals surface area contributed by atoms with Crippen molar-refractivity contribution in [3.8, 4) is 5.75 Å². The summed E-state index contributed by atoms with van der Waals surface area (Å²) in [6.45, 7) is 4.10. The first kappa shape index (κ1) is 28.1. The fraction of sp³-hybridized carbons (Fsp3) is 0.400. The van der Waals surface area contributed by atoms with E-state index in [9.17, 15) is 13.2 Å². The highest BCUT2D eigenvalue weighted by atomic mass is 32.2. The Morgan fingerprint density at radius 3 is 2.55 bits per heavy atom. The third-order valence-corrected chi connectivity index (χ3v) is 9.19. The van der Waals surface area contributed by atoms with Crippen LogP contribution in [0.25, 0.3) is 5.70 Å². The highest BCUT2D eigenvalue weighted by Gasteiger charge is 2.40. The third-order valence-electron chi connectivity index (χ3n) is 8.60. The van der Waals surface area contributed by atoms with E-state index in [0.717, 1.165) is 53.1 Å². The number of benzene rings is 2. The normalized spacial score (nSPS) is 17.7. The Balaban J connectivity index is 1.27. The number of sulfonamides is 1. The molecule has 3 aromatic rings. The van der Waals surface area contributed by atoms with E-state index in [1.54, 1.807) is 12.1 Å². The Morgan fingerprint density at radius 1 is 1.17 bits per heavy atom. The molecule has 2 heterocycles. The predicted molar refractivity (Wildman–Crippen MR) is 164 cm³/mol. The maximum Gasteiger partial charge on any atom is 0.255 e. The van der Waals surface area contributed by atoms with Gasteiger partial charge < -0.3 is 14.6 Å². The van der Waals surface area contributed by atoms with Gasteiger partial charge in [0.2, 0.25) is 10.0 Å². The number of hydrazine groups is 2. The van der Waals surface area contributed by atoms with E-state index >= 15 is 0 Å². The highest BCUT2D eigenvalue weighted by molar-refractivity contribution is 7.92. The minimum Gasteiger partial charge on any atom is -0.492 e. The summed E-state index contributed by atoms with van der Waals surface area (Å²) in [6, 6.07) is 9.14. The number of anilines is 3. The van der Waals surface area contributed by atoms with E-state index in [2.05, 4.69) is 37.5 Å². The Bertz CT molecular complexity index is 1700. The van der Waals surface area contributed by atoms with Crippen LogP contribution in [0.15, 0.2) is 42.7 Å². The molecule has 42 heavy (non-hydrogen) atoms. The summed E-state index contributed by atoms with van der Waals surface area (Å²) < 4.78 is 34.5.